The zero-order chi connectivity index (χ0) is 18.4. The molecule has 2 rings (SSSR count). The van der Waals surface area contributed by atoms with E-state index in [9.17, 15) is 19.7 Å². The van der Waals surface area contributed by atoms with Gasteiger partial charge in [-0.2, -0.15) is 0 Å². The molecule has 0 atom stereocenters. The number of carboxylic acids is 1. The number of nitro benzene ring substituents is 1. The van der Waals surface area contributed by atoms with Crippen LogP contribution in [-0.2, 0) is 20.9 Å². The summed E-state index contributed by atoms with van der Waals surface area (Å²) in [7, 11) is 0. The van der Waals surface area contributed by atoms with Gasteiger partial charge in [0, 0.05) is 37.0 Å². The molecule has 8 heteroatoms. The van der Waals surface area contributed by atoms with Crippen LogP contribution in [0.5, 0.6) is 0 Å². The highest BCUT2D eigenvalue weighted by Crippen LogP contribution is 2.20. The molecule has 0 spiro atoms. The highest BCUT2D eigenvalue weighted by molar-refractivity contribution is 5.85. The van der Waals surface area contributed by atoms with Gasteiger partial charge in [0.1, 0.15) is 6.61 Å². The Labute approximate surface area is 144 Å². The second-order valence-electron chi connectivity index (χ2n) is 5.96. The number of piperidine rings is 1. The summed E-state index contributed by atoms with van der Waals surface area (Å²) in [6.07, 6.45) is 2.80. The van der Waals surface area contributed by atoms with Crippen LogP contribution < -0.4 is 0 Å². The van der Waals surface area contributed by atoms with Crippen molar-refractivity contribution >= 4 is 17.6 Å². The number of carboxylic acid groups (broad SMARTS) is 1. The Hall–Kier alpha value is -2.90. The summed E-state index contributed by atoms with van der Waals surface area (Å²) in [5.41, 5.74) is 0.947. The largest absolute Gasteiger partial charge is 0.478 e. The number of ether oxygens (including phenoxy) is 1. The molecule has 1 aliphatic rings. The van der Waals surface area contributed by atoms with Crippen LogP contribution in [0.15, 0.2) is 36.0 Å². The molecule has 0 unspecified atom stereocenters. The maximum absolute atomic E-state index is 12.1. The van der Waals surface area contributed by atoms with Crippen LogP contribution >= 0.6 is 0 Å². The first kappa shape index (κ1) is 18.4. The fourth-order valence-corrected chi connectivity index (χ4v) is 2.58. The monoisotopic (exact) mass is 348 g/mol. The van der Waals surface area contributed by atoms with Crippen molar-refractivity contribution in [2.75, 3.05) is 13.1 Å². The predicted molar refractivity (Wildman–Crippen MR) is 88.6 cm³/mol. The third-order valence-electron chi connectivity index (χ3n) is 4.10. The van der Waals surface area contributed by atoms with E-state index in [0.29, 0.717) is 31.5 Å². The van der Waals surface area contributed by atoms with Crippen LogP contribution in [0.25, 0.3) is 0 Å². The van der Waals surface area contributed by atoms with Crippen molar-refractivity contribution in [2.24, 2.45) is 5.92 Å². The van der Waals surface area contributed by atoms with E-state index in [-0.39, 0.29) is 29.8 Å². The predicted octanol–water partition coefficient (Wildman–Crippen LogP) is 2.34. The van der Waals surface area contributed by atoms with Gasteiger partial charge in [0.05, 0.1) is 10.8 Å². The first-order valence-electron chi connectivity index (χ1n) is 7.92. The number of benzene rings is 1. The number of nitro groups is 1. The lowest BCUT2D eigenvalue weighted by Gasteiger charge is -2.30. The zero-order valence-electron chi connectivity index (χ0n) is 13.9. The molecule has 1 fully saturated rings. The number of likely N-dealkylation sites (tertiary alicyclic amines) is 1. The van der Waals surface area contributed by atoms with E-state index in [4.69, 9.17) is 9.84 Å². The topological polar surface area (TPSA) is 110 Å². The average molecular weight is 348 g/mol. The Morgan fingerprint density at radius 1 is 1.32 bits per heavy atom. The van der Waals surface area contributed by atoms with Crippen molar-refractivity contribution in [3.63, 3.8) is 0 Å². The summed E-state index contributed by atoms with van der Waals surface area (Å²) in [5.74, 6) is -1.46. The van der Waals surface area contributed by atoms with Gasteiger partial charge in [-0.1, -0.05) is 0 Å². The zero-order valence-corrected chi connectivity index (χ0v) is 13.9. The van der Waals surface area contributed by atoms with Crippen LogP contribution in [0.3, 0.4) is 0 Å². The lowest BCUT2D eigenvalue weighted by Crippen LogP contribution is -2.34. The van der Waals surface area contributed by atoms with Crippen LogP contribution in [0.2, 0.25) is 0 Å². The summed E-state index contributed by atoms with van der Waals surface area (Å²) in [6.45, 7) is 2.81. The number of hydrogen-bond donors (Lipinski definition) is 1. The second kappa shape index (κ2) is 8.27. The van der Waals surface area contributed by atoms with Crippen molar-refractivity contribution in [3.05, 3.63) is 51.7 Å². The number of hydrogen-bond acceptors (Lipinski definition) is 6. The van der Waals surface area contributed by atoms with Crippen molar-refractivity contribution in [2.45, 2.75) is 26.4 Å². The molecular formula is C17H20N2O6. The van der Waals surface area contributed by atoms with Gasteiger partial charge in [-0.3, -0.25) is 14.9 Å². The van der Waals surface area contributed by atoms with Gasteiger partial charge < -0.3 is 14.7 Å². The second-order valence-corrected chi connectivity index (χ2v) is 5.96. The number of carbonyl (C=O) groups is 2. The molecule has 0 aliphatic carbocycles. The molecule has 8 nitrogen and oxygen atoms in total. The molecule has 1 saturated heterocycles. The SMILES string of the molecule is CC(=CN1CCC(C(=O)OCc2ccc([N+](=O)[O-])cc2)CC1)C(=O)O. The summed E-state index contributed by atoms with van der Waals surface area (Å²) in [6, 6.07) is 5.87. The van der Waals surface area contributed by atoms with Gasteiger partial charge in [0.15, 0.2) is 0 Å². The molecule has 1 aliphatic heterocycles. The van der Waals surface area contributed by atoms with Crippen LogP contribution in [0, 0.1) is 16.0 Å². The molecule has 0 aromatic heterocycles. The Morgan fingerprint density at radius 3 is 2.44 bits per heavy atom. The minimum atomic E-state index is -0.954. The third kappa shape index (κ3) is 5.30. The van der Waals surface area contributed by atoms with Gasteiger partial charge in [-0.25, -0.2) is 4.79 Å². The number of nitrogens with zero attached hydrogens (tertiary/aromatic N) is 2. The maximum Gasteiger partial charge on any atom is 0.332 e. The van der Waals surface area contributed by atoms with Crippen molar-refractivity contribution in [1.82, 2.24) is 4.90 Å². The fraction of sp³-hybridized carbons (Fsp3) is 0.412. The number of aliphatic carboxylic acids is 1. The number of non-ortho nitro benzene ring substituents is 1. The van der Waals surface area contributed by atoms with Crippen molar-refractivity contribution in [3.8, 4) is 0 Å². The number of carbonyl (C=O) groups excluding carboxylic acids is 1. The van der Waals surface area contributed by atoms with Gasteiger partial charge in [-0.15, -0.1) is 0 Å². The molecule has 0 radical (unpaired) electrons. The summed E-state index contributed by atoms with van der Waals surface area (Å²) < 4.78 is 5.29. The van der Waals surface area contributed by atoms with Crippen LogP contribution in [0.4, 0.5) is 5.69 Å². The van der Waals surface area contributed by atoms with Crippen molar-refractivity contribution in [1.29, 1.82) is 0 Å². The lowest BCUT2D eigenvalue weighted by atomic mass is 9.97. The van der Waals surface area contributed by atoms with Gasteiger partial charge in [0.25, 0.3) is 5.69 Å². The summed E-state index contributed by atoms with van der Waals surface area (Å²) in [4.78, 5) is 34.9. The third-order valence-corrected chi connectivity index (χ3v) is 4.10. The van der Waals surface area contributed by atoms with Crippen molar-refractivity contribution < 1.29 is 24.4 Å². The molecule has 1 aromatic rings. The minimum absolute atomic E-state index is 0.00726. The van der Waals surface area contributed by atoms with Gasteiger partial charge >= 0.3 is 11.9 Å². The van der Waals surface area contributed by atoms with E-state index in [0.717, 1.165) is 0 Å². The van der Waals surface area contributed by atoms with Gasteiger partial charge in [-0.05, 0) is 37.5 Å². The molecule has 0 saturated carbocycles. The minimum Gasteiger partial charge on any atom is -0.478 e. The Bertz CT molecular complexity index is 675. The van der Waals surface area contributed by atoms with E-state index < -0.39 is 10.9 Å². The highest BCUT2D eigenvalue weighted by atomic mass is 16.6. The van der Waals surface area contributed by atoms with Crippen LogP contribution in [0.1, 0.15) is 25.3 Å². The molecule has 0 amide bonds. The van der Waals surface area contributed by atoms with E-state index >= 15 is 0 Å². The molecule has 1 aromatic carbocycles. The molecule has 25 heavy (non-hydrogen) atoms. The summed E-state index contributed by atoms with van der Waals surface area (Å²) in [5, 5.41) is 19.5. The van der Waals surface area contributed by atoms with E-state index in [1.165, 1.54) is 19.1 Å². The standard InChI is InChI=1S/C17H20N2O6/c1-12(16(20)21)10-18-8-6-14(7-9-18)17(22)25-11-13-2-4-15(5-3-13)19(23)24/h2-5,10,14H,6-9,11H2,1H3,(H,20,21). The Morgan fingerprint density at radius 2 is 1.92 bits per heavy atom. The number of esters is 1. The molecule has 0 bridgehead atoms. The maximum atomic E-state index is 12.1. The molecule has 134 valence electrons. The van der Waals surface area contributed by atoms with E-state index in [2.05, 4.69) is 0 Å². The average Bonchev–Trinajstić information content (AvgIpc) is 2.60. The Balaban J connectivity index is 1.80. The van der Waals surface area contributed by atoms with Crippen LogP contribution in [-0.4, -0.2) is 40.0 Å². The van der Waals surface area contributed by atoms with Gasteiger partial charge in [0.2, 0.25) is 0 Å². The smallest absolute Gasteiger partial charge is 0.332 e. The molecular weight excluding hydrogens is 328 g/mol. The number of rotatable bonds is 6. The first-order chi connectivity index (χ1) is 11.9. The van der Waals surface area contributed by atoms with E-state index in [1.54, 1.807) is 18.3 Å². The molecule has 1 heterocycles. The normalized spacial score (nSPS) is 15.7. The fourth-order valence-electron chi connectivity index (χ4n) is 2.58. The summed E-state index contributed by atoms with van der Waals surface area (Å²) >= 11 is 0. The Kier molecular flexibility index (Phi) is 6.10. The lowest BCUT2D eigenvalue weighted by molar-refractivity contribution is -0.384. The molecule has 1 N–H and O–H groups in total. The highest BCUT2D eigenvalue weighted by Gasteiger charge is 2.25. The quantitative estimate of drug-likeness (QED) is 0.363. The first-order valence-corrected chi connectivity index (χ1v) is 7.92. The van der Waals surface area contributed by atoms with E-state index in [1.807, 2.05) is 4.90 Å².